The number of hydrogen-bond acceptors (Lipinski definition) is 9. The lowest BCUT2D eigenvalue weighted by Gasteiger charge is -2.06. The maximum Gasteiger partial charge on any atom is 0.269 e. The highest BCUT2D eigenvalue weighted by atomic mass is 32.2. The third-order valence-electron chi connectivity index (χ3n) is 4.23. The normalized spacial score (nSPS) is 11.2. The summed E-state index contributed by atoms with van der Waals surface area (Å²) in [6.07, 6.45) is 0.423. The summed E-state index contributed by atoms with van der Waals surface area (Å²) < 4.78 is 31.9. The Morgan fingerprint density at radius 1 is 1.12 bits per heavy atom. The van der Waals surface area contributed by atoms with Crippen LogP contribution in [0.15, 0.2) is 53.4 Å². The molecule has 0 aliphatic rings. The highest BCUT2D eigenvalue weighted by molar-refractivity contribution is 7.89. The summed E-state index contributed by atoms with van der Waals surface area (Å²) in [5.74, 6) is 0.326. The van der Waals surface area contributed by atoms with Gasteiger partial charge in [0, 0.05) is 31.5 Å². The molecule has 0 spiro atoms. The van der Waals surface area contributed by atoms with E-state index in [-0.39, 0.29) is 23.5 Å². The minimum Gasteiger partial charge on any atom is -0.497 e. The largest absolute Gasteiger partial charge is 0.497 e. The zero-order valence-corrected chi connectivity index (χ0v) is 18.5. The molecule has 168 valence electrons. The molecule has 3 aromatic rings. The smallest absolute Gasteiger partial charge is 0.269 e. The molecule has 0 aliphatic heterocycles. The quantitative estimate of drug-likeness (QED) is 0.333. The average Bonchev–Trinajstić information content (AvgIpc) is 3.20. The first-order valence-corrected chi connectivity index (χ1v) is 11.6. The van der Waals surface area contributed by atoms with Gasteiger partial charge >= 0.3 is 0 Å². The average molecular weight is 478 g/mol. The number of nitrogens with zero attached hydrogens (tertiary/aromatic N) is 3. The van der Waals surface area contributed by atoms with Gasteiger partial charge < -0.3 is 10.1 Å². The molecule has 0 saturated heterocycles. The number of anilines is 1. The summed E-state index contributed by atoms with van der Waals surface area (Å²) in [5, 5.41) is 22.3. The van der Waals surface area contributed by atoms with Gasteiger partial charge in [0.25, 0.3) is 5.69 Å². The number of carbonyl (C=O) groups excluding carboxylic acids is 1. The van der Waals surface area contributed by atoms with E-state index in [0.717, 1.165) is 35.6 Å². The molecule has 0 unspecified atom stereocenters. The predicted molar refractivity (Wildman–Crippen MR) is 117 cm³/mol. The third-order valence-corrected chi connectivity index (χ3v) is 6.55. The number of nitrogens with one attached hydrogen (secondary N) is 2. The molecule has 13 heteroatoms. The summed E-state index contributed by atoms with van der Waals surface area (Å²) in [4.78, 5) is 22.0. The van der Waals surface area contributed by atoms with Crippen LogP contribution in [0.2, 0.25) is 0 Å². The van der Waals surface area contributed by atoms with E-state index in [0.29, 0.717) is 16.6 Å². The number of benzene rings is 2. The number of amides is 1. The van der Waals surface area contributed by atoms with Crippen molar-refractivity contribution in [2.45, 2.75) is 17.7 Å². The number of sulfonamides is 1. The second-order valence-electron chi connectivity index (χ2n) is 6.47. The molecule has 2 N–H and O–H groups in total. The van der Waals surface area contributed by atoms with Crippen LogP contribution in [-0.2, 0) is 21.2 Å². The number of carbonyl (C=O) groups is 1. The van der Waals surface area contributed by atoms with Crippen molar-refractivity contribution in [3.8, 4) is 5.75 Å². The molecular weight excluding hydrogens is 458 g/mol. The lowest BCUT2D eigenvalue weighted by molar-refractivity contribution is -0.384. The Morgan fingerprint density at radius 3 is 2.44 bits per heavy atom. The Hall–Kier alpha value is -3.42. The first kappa shape index (κ1) is 23.2. The minimum absolute atomic E-state index is 0.125. The van der Waals surface area contributed by atoms with Gasteiger partial charge in [0.05, 0.1) is 16.9 Å². The molecule has 2 aromatic carbocycles. The van der Waals surface area contributed by atoms with E-state index in [4.69, 9.17) is 4.74 Å². The fourth-order valence-corrected chi connectivity index (χ4v) is 4.43. The van der Waals surface area contributed by atoms with Crippen LogP contribution in [-0.4, -0.2) is 43.1 Å². The van der Waals surface area contributed by atoms with Crippen LogP contribution in [0.1, 0.15) is 17.0 Å². The van der Waals surface area contributed by atoms with Crippen LogP contribution in [0.25, 0.3) is 0 Å². The molecule has 1 heterocycles. The summed E-state index contributed by atoms with van der Waals surface area (Å²) in [6, 6.07) is 12.0. The monoisotopic (exact) mass is 477 g/mol. The number of nitro benzene ring substituents is 1. The first-order chi connectivity index (χ1) is 15.3. The van der Waals surface area contributed by atoms with Gasteiger partial charge in [-0.15, -0.1) is 10.2 Å². The number of non-ortho nitro benzene ring substituents is 1. The molecule has 3 rings (SSSR count). The van der Waals surface area contributed by atoms with E-state index in [9.17, 15) is 23.3 Å². The van der Waals surface area contributed by atoms with Crippen LogP contribution in [0.3, 0.4) is 0 Å². The summed E-state index contributed by atoms with van der Waals surface area (Å²) in [7, 11) is -2.30. The van der Waals surface area contributed by atoms with Gasteiger partial charge in [0.1, 0.15) is 10.8 Å². The second kappa shape index (κ2) is 10.3. The summed E-state index contributed by atoms with van der Waals surface area (Å²) >= 11 is 1.23. The molecule has 11 nitrogen and oxygen atoms in total. The van der Waals surface area contributed by atoms with Gasteiger partial charge in [0.2, 0.25) is 21.1 Å². The fraction of sp³-hybridized carbons (Fsp3) is 0.211. The van der Waals surface area contributed by atoms with E-state index in [1.54, 1.807) is 7.11 Å². The Morgan fingerprint density at radius 2 is 1.81 bits per heavy atom. The Bertz CT molecular complexity index is 1190. The van der Waals surface area contributed by atoms with Crippen molar-refractivity contribution in [3.05, 3.63) is 69.2 Å². The molecule has 1 amide bonds. The minimum atomic E-state index is -3.89. The van der Waals surface area contributed by atoms with Crippen LogP contribution >= 0.6 is 11.3 Å². The van der Waals surface area contributed by atoms with E-state index < -0.39 is 20.9 Å². The molecular formula is C19H19N5O6S2. The summed E-state index contributed by atoms with van der Waals surface area (Å²) in [5.41, 5.74) is 0.798. The lowest BCUT2D eigenvalue weighted by Crippen LogP contribution is -2.27. The van der Waals surface area contributed by atoms with Gasteiger partial charge in [-0.2, -0.15) is 0 Å². The molecule has 1 aromatic heterocycles. The van der Waals surface area contributed by atoms with Gasteiger partial charge in [-0.1, -0.05) is 23.5 Å². The van der Waals surface area contributed by atoms with Crippen molar-refractivity contribution in [2.24, 2.45) is 0 Å². The standard InChI is InChI=1S/C19H19N5O6S2/c1-30-15-6-2-13(3-7-15)12-18-22-23-19(31-18)21-17(25)10-11-20-32(28,29)16-8-4-14(5-9-16)24(26)27/h2-9,20H,10-12H2,1H3,(H,21,23,25). The highest BCUT2D eigenvalue weighted by Crippen LogP contribution is 2.20. The Balaban J connectivity index is 1.48. The number of nitro groups is 1. The topological polar surface area (TPSA) is 153 Å². The van der Waals surface area contributed by atoms with E-state index in [2.05, 4.69) is 20.2 Å². The van der Waals surface area contributed by atoms with Crippen molar-refractivity contribution in [2.75, 3.05) is 19.0 Å². The van der Waals surface area contributed by atoms with Crippen LogP contribution in [0, 0.1) is 10.1 Å². The van der Waals surface area contributed by atoms with E-state index >= 15 is 0 Å². The third kappa shape index (κ3) is 6.29. The van der Waals surface area contributed by atoms with Crippen molar-refractivity contribution < 1.29 is 22.9 Å². The Kier molecular flexibility index (Phi) is 7.45. The maximum atomic E-state index is 12.2. The van der Waals surface area contributed by atoms with Crippen LogP contribution in [0.4, 0.5) is 10.8 Å². The van der Waals surface area contributed by atoms with E-state index in [1.807, 2.05) is 24.3 Å². The highest BCUT2D eigenvalue weighted by Gasteiger charge is 2.16. The van der Waals surface area contributed by atoms with Gasteiger partial charge in [0.15, 0.2) is 0 Å². The van der Waals surface area contributed by atoms with Crippen LogP contribution < -0.4 is 14.8 Å². The SMILES string of the molecule is COc1ccc(Cc2nnc(NC(=O)CCNS(=O)(=O)c3ccc([N+](=O)[O-])cc3)s2)cc1. The maximum absolute atomic E-state index is 12.2. The first-order valence-electron chi connectivity index (χ1n) is 9.26. The van der Waals surface area contributed by atoms with Crippen molar-refractivity contribution >= 4 is 38.1 Å². The number of ether oxygens (including phenoxy) is 1. The van der Waals surface area contributed by atoms with Gasteiger partial charge in [-0.3, -0.25) is 14.9 Å². The Labute approximate surface area is 187 Å². The lowest BCUT2D eigenvalue weighted by atomic mass is 10.1. The van der Waals surface area contributed by atoms with Crippen LogP contribution in [0.5, 0.6) is 5.75 Å². The second-order valence-corrected chi connectivity index (χ2v) is 9.30. The van der Waals surface area contributed by atoms with E-state index in [1.165, 1.54) is 11.3 Å². The van der Waals surface area contributed by atoms with Gasteiger partial charge in [-0.05, 0) is 29.8 Å². The number of methoxy groups -OCH3 is 1. The van der Waals surface area contributed by atoms with Crippen molar-refractivity contribution in [1.29, 1.82) is 0 Å². The molecule has 0 fully saturated rings. The van der Waals surface area contributed by atoms with Crippen molar-refractivity contribution in [3.63, 3.8) is 0 Å². The molecule has 0 atom stereocenters. The predicted octanol–water partition coefficient (Wildman–Crippen LogP) is 2.35. The fourth-order valence-electron chi connectivity index (χ4n) is 2.60. The number of hydrogen-bond donors (Lipinski definition) is 2. The molecule has 0 bridgehead atoms. The van der Waals surface area contributed by atoms with Crippen molar-refractivity contribution in [1.82, 2.24) is 14.9 Å². The zero-order valence-electron chi connectivity index (χ0n) is 16.8. The molecule has 0 aliphatic carbocycles. The van der Waals surface area contributed by atoms with Gasteiger partial charge in [-0.25, -0.2) is 13.1 Å². The number of aromatic nitrogens is 2. The number of rotatable bonds is 10. The molecule has 0 saturated carbocycles. The summed E-state index contributed by atoms with van der Waals surface area (Å²) in [6.45, 7) is -0.150. The molecule has 32 heavy (non-hydrogen) atoms. The molecule has 0 radical (unpaired) electrons. The zero-order chi connectivity index (χ0) is 23.1.